The molecular weight excluding hydrogens is 408 g/mol. The Morgan fingerprint density at radius 1 is 1.06 bits per heavy atom. The molecule has 2 aromatic heterocycles. The number of hydrogen-bond acceptors (Lipinski definition) is 5. The monoisotopic (exact) mass is 432 g/mol. The number of carbonyl (C=O) groups is 1. The van der Waals surface area contributed by atoms with Crippen LogP contribution in [-0.2, 0) is 10.5 Å². The highest BCUT2D eigenvalue weighted by Gasteiger charge is 2.15. The Morgan fingerprint density at radius 2 is 1.81 bits per heavy atom. The van der Waals surface area contributed by atoms with Crippen molar-refractivity contribution in [1.29, 1.82) is 0 Å². The number of anilines is 1. The second-order valence-electron chi connectivity index (χ2n) is 7.37. The predicted octanol–water partition coefficient (Wildman–Crippen LogP) is 5.32. The normalized spacial score (nSPS) is 10.9. The van der Waals surface area contributed by atoms with E-state index in [2.05, 4.69) is 29.5 Å². The molecule has 0 radical (unpaired) electrons. The molecule has 0 saturated heterocycles. The summed E-state index contributed by atoms with van der Waals surface area (Å²) in [6.45, 7) is 5.86. The van der Waals surface area contributed by atoms with Crippen LogP contribution in [0.5, 0.6) is 0 Å². The Balaban J connectivity index is 1.52. The highest BCUT2D eigenvalue weighted by Crippen LogP contribution is 2.26. The van der Waals surface area contributed by atoms with Crippen molar-refractivity contribution in [2.45, 2.75) is 26.5 Å². The number of nitrogens with one attached hydrogen (secondary N) is 1. The van der Waals surface area contributed by atoms with Crippen molar-refractivity contribution in [2.24, 2.45) is 0 Å². The molecule has 2 aromatic carbocycles. The molecule has 4 aromatic rings. The lowest BCUT2D eigenvalue weighted by Gasteiger charge is -2.08. The highest BCUT2D eigenvalue weighted by atomic mass is 32.2. The molecule has 31 heavy (non-hydrogen) atoms. The number of nitrogens with zero attached hydrogens (tertiary/aromatic N) is 3. The number of amides is 1. The standard InChI is InChI=1S/C24H24N4O2S/c1-16-9-11-19(12-10-16)22-13-23(28(26-22)20-7-5-4-6-8-20)25-24(29)15-31-14-21-17(2)27-30-18(21)3/h4-13H,14-15H2,1-3H3,(H,25,29). The van der Waals surface area contributed by atoms with Gasteiger partial charge in [0.25, 0.3) is 0 Å². The first-order valence-corrected chi connectivity index (χ1v) is 11.2. The molecule has 1 N–H and O–H groups in total. The second-order valence-corrected chi connectivity index (χ2v) is 8.36. The van der Waals surface area contributed by atoms with Gasteiger partial charge in [0, 0.05) is 22.9 Å². The first kappa shape index (κ1) is 20.9. The van der Waals surface area contributed by atoms with Gasteiger partial charge in [0.15, 0.2) is 0 Å². The predicted molar refractivity (Wildman–Crippen MR) is 125 cm³/mol. The zero-order valence-corrected chi connectivity index (χ0v) is 18.6. The van der Waals surface area contributed by atoms with Crippen molar-refractivity contribution in [3.63, 3.8) is 0 Å². The third-order valence-electron chi connectivity index (χ3n) is 4.99. The van der Waals surface area contributed by atoms with Gasteiger partial charge in [0.1, 0.15) is 11.6 Å². The molecule has 0 aliphatic rings. The van der Waals surface area contributed by atoms with Crippen LogP contribution < -0.4 is 5.32 Å². The Kier molecular flexibility index (Phi) is 6.23. The van der Waals surface area contributed by atoms with Crippen LogP contribution in [0.2, 0.25) is 0 Å². The average Bonchev–Trinajstić information content (AvgIpc) is 3.33. The van der Waals surface area contributed by atoms with Gasteiger partial charge in [-0.3, -0.25) is 4.79 Å². The number of benzene rings is 2. The van der Waals surface area contributed by atoms with Gasteiger partial charge < -0.3 is 9.84 Å². The number of rotatable bonds is 7. The van der Waals surface area contributed by atoms with Crippen LogP contribution in [0.4, 0.5) is 5.82 Å². The Labute approximate surface area is 185 Å². The average molecular weight is 433 g/mol. The minimum atomic E-state index is -0.0794. The van der Waals surface area contributed by atoms with Crippen LogP contribution in [0, 0.1) is 20.8 Å². The van der Waals surface area contributed by atoms with Crippen LogP contribution >= 0.6 is 11.8 Å². The van der Waals surface area contributed by atoms with E-state index in [-0.39, 0.29) is 5.91 Å². The topological polar surface area (TPSA) is 73.0 Å². The van der Waals surface area contributed by atoms with Gasteiger partial charge in [-0.15, -0.1) is 11.8 Å². The fourth-order valence-electron chi connectivity index (χ4n) is 3.23. The van der Waals surface area contributed by atoms with Crippen molar-refractivity contribution in [3.05, 3.63) is 83.2 Å². The summed E-state index contributed by atoms with van der Waals surface area (Å²) < 4.78 is 6.96. The molecule has 6 nitrogen and oxygen atoms in total. The van der Waals surface area contributed by atoms with Crippen LogP contribution in [0.3, 0.4) is 0 Å². The minimum Gasteiger partial charge on any atom is -0.361 e. The lowest BCUT2D eigenvalue weighted by molar-refractivity contribution is -0.113. The molecule has 0 fully saturated rings. The lowest BCUT2D eigenvalue weighted by atomic mass is 10.1. The Bertz CT molecular complexity index is 1160. The van der Waals surface area contributed by atoms with Gasteiger partial charge in [-0.2, -0.15) is 5.10 Å². The largest absolute Gasteiger partial charge is 0.361 e. The summed E-state index contributed by atoms with van der Waals surface area (Å²) >= 11 is 1.53. The summed E-state index contributed by atoms with van der Waals surface area (Å²) in [5.74, 6) is 2.37. The van der Waals surface area contributed by atoms with Crippen molar-refractivity contribution in [3.8, 4) is 16.9 Å². The number of para-hydroxylation sites is 1. The molecule has 7 heteroatoms. The van der Waals surface area contributed by atoms with Gasteiger partial charge >= 0.3 is 0 Å². The maximum absolute atomic E-state index is 12.7. The van der Waals surface area contributed by atoms with Crippen molar-refractivity contribution < 1.29 is 9.32 Å². The Morgan fingerprint density at radius 3 is 2.48 bits per heavy atom. The summed E-state index contributed by atoms with van der Waals surface area (Å²) in [6, 6.07) is 19.9. The molecule has 4 rings (SSSR count). The maximum Gasteiger partial charge on any atom is 0.235 e. The summed E-state index contributed by atoms with van der Waals surface area (Å²) in [7, 11) is 0. The van der Waals surface area contributed by atoms with Crippen LogP contribution in [0.1, 0.15) is 22.6 Å². The smallest absolute Gasteiger partial charge is 0.235 e. The maximum atomic E-state index is 12.7. The summed E-state index contributed by atoms with van der Waals surface area (Å²) in [5, 5.41) is 11.7. The van der Waals surface area contributed by atoms with Gasteiger partial charge in [0.05, 0.1) is 22.8 Å². The molecule has 0 saturated carbocycles. The quantitative estimate of drug-likeness (QED) is 0.428. The first-order valence-electron chi connectivity index (χ1n) is 10.0. The van der Waals surface area contributed by atoms with E-state index >= 15 is 0 Å². The molecule has 2 heterocycles. The molecule has 1 amide bonds. The zero-order chi connectivity index (χ0) is 21.8. The molecule has 0 bridgehead atoms. The first-order chi connectivity index (χ1) is 15.0. The number of carbonyl (C=O) groups excluding carboxylic acids is 1. The zero-order valence-electron chi connectivity index (χ0n) is 17.8. The SMILES string of the molecule is Cc1ccc(-c2cc(NC(=O)CSCc3c(C)noc3C)n(-c3ccccc3)n2)cc1. The summed E-state index contributed by atoms with van der Waals surface area (Å²) in [5.41, 5.74) is 5.81. The Hall–Kier alpha value is -3.32. The molecule has 0 aliphatic carbocycles. The summed E-state index contributed by atoms with van der Waals surface area (Å²) in [6.07, 6.45) is 0. The van der Waals surface area contributed by atoms with Gasteiger partial charge in [-0.25, -0.2) is 4.68 Å². The van der Waals surface area contributed by atoms with Crippen molar-refractivity contribution >= 4 is 23.5 Å². The molecule has 0 unspecified atom stereocenters. The second kappa shape index (κ2) is 9.22. The molecule has 158 valence electrons. The summed E-state index contributed by atoms with van der Waals surface area (Å²) in [4.78, 5) is 12.7. The van der Waals surface area contributed by atoms with E-state index < -0.39 is 0 Å². The number of aryl methyl sites for hydroxylation is 3. The highest BCUT2D eigenvalue weighted by molar-refractivity contribution is 7.99. The fourth-order valence-corrected chi connectivity index (χ4v) is 4.21. The molecular formula is C24H24N4O2S. The van der Waals surface area contributed by atoms with Crippen molar-refractivity contribution in [2.75, 3.05) is 11.1 Å². The van der Waals surface area contributed by atoms with Gasteiger partial charge in [-0.05, 0) is 32.9 Å². The number of hydrogen-bond donors (Lipinski definition) is 1. The van der Waals surface area contributed by atoms with Crippen LogP contribution in [0.15, 0.2) is 65.2 Å². The molecule has 0 aliphatic heterocycles. The van der Waals surface area contributed by atoms with E-state index in [1.165, 1.54) is 17.3 Å². The van der Waals surface area contributed by atoms with E-state index in [1.807, 2.05) is 62.4 Å². The lowest BCUT2D eigenvalue weighted by Crippen LogP contribution is -2.17. The van der Waals surface area contributed by atoms with Crippen molar-refractivity contribution in [1.82, 2.24) is 14.9 Å². The van der Waals surface area contributed by atoms with E-state index in [9.17, 15) is 4.79 Å². The fraction of sp³-hybridized carbons (Fsp3) is 0.208. The van der Waals surface area contributed by atoms with Crippen LogP contribution in [-0.4, -0.2) is 26.6 Å². The minimum absolute atomic E-state index is 0.0794. The third-order valence-corrected chi connectivity index (χ3v) is 5.94. The third kappa shape index (κ3) is 4.88. The van der Waals surface area contributed by atoms with Crippen LogP contribution in [0.25, 0.3) is 16.9 Å². The number of aromatic nitrogens is 3. The van der Waals surface area contributed by atoms with E-state index in [0.717, 1.165) is 34.0 Å². The molecule has 0 spiro atoms. The number of thioether (sulfide) groups is 1. The van der Waals surface area contributed by atoms with E-state index in [1.54, 1.807) is 4.68 Å². The van der Waals surface area contributed by atoms with Gasteiger partial charge in [0.2, 0.25) is 5.91 Å². The van der Waals surface area contributed by atoms with E-state index in [4.69, 9.17) is 9.62 Å². The van der Waals surface area contributed by atoms with E-state index in [0.29, 0.717) is 17.3 Å². The molecule has 0 atom stereocenters. The van der Waals surface area contributed by atoms with Gasteiger partial charge in [-0.1, -0.05) is 53.2 Å².